The Kier molecular flexibility index (Phi) is 3.35. The number of fused-ring (bicyclic) bond motifs is 1. The Bertz CT molecular complexity index is 732. The van der Waals surface area contributed by atoms with Crippen LogP contribution in [0.5, 0.6) is 0 Å². The molecule has 3 aromatic heterocycles. The average Bonchev–Trinajstić information content (AvgIpc) is 3.04. The van der Waals surface area contributed by atoms with Crippen molar-refractivity contribution in [3.05, 3.63) is 41.8 Å². The van der Waals surface area contributed by atoms with Gasteiger partial charge in [0.1, 0.15) is 16.2 Å². The zero-order valence-corrected chi connectivity index (χ0v) is 11.9. The lowest BCUT2D eigenvalue weighted by molar-refractivity contribution is 0.101. The summed E-state index contributed by atoms with van der Waals surface area (Å²) in [6.45, 7) is 0. The van der Waals surface area contributed by atoms with Crippen molar-refractivity contribution in [1.29, 1.82) is 0 Å². The molecule has 0 aliphatic rings. The number of carbonyl (C=O) groups is 1. The number of thioether (sulfide) groups is 1. The summed E-state index contributed by atoms with van der Waals surface area (Å²) in [7, 11) is 1.87. The van der Waals surface area contributed by atoms with Gasteiger partial charge in [0.15, 0.2) is 5.78 Å². The Morgan fingerprint density at radius 2 is 2.32 bits per heavy atom. The Balaban J connectivity index is 1.78. The molecule has 0 fully saturated rings. The minimum Gasteiger partial charge on any atom is -0.348 e. The van der Waals surface area contributed by atoms with E-state index >= 15 is 0 Å². The molecule has 6 heteroatoms. The van der Waals surface area contributed by atoms with Gasteiger partial charge in [0.25, 0.3) is 0 Å². The zero-order chi connectivity index (χ0) is 13.2. The van der Waals surface area contributed by atoms with E-state index in [2.05, 4.69) is 9.97 Å². The lowest BCUT2D eigenvalue weighted by Gasteiger charge is -2.03. The van der Waals surface area contributed by atoms with Crippen LogP contribution in [0.4, 0.5) is 0 Å². The number of aryl methyl sites for hydroxylation is 1. The van der Waals surface area contributed by atoms with Crippen molar-refractivity contribution in [2.24, 2.45) is 7.05 Å². The molecule has 0 atom stereocenters. The third-order valence-corrected chi connectivity index (χ3v) is 4.62. The van der Waals surface area contributed by atoms with E-state index in [9.17, 15) is 4.79 Å². The van der Waals surface area contributed by atoms with Crippen molar-refractivity contribution in [3.8, 4) is 0 Å². The van der Waals surface area contributed by atoms with Crippen LogP contribution >= 0.6 is 23.1 Å². The monoisotopic (exact) mass is 289 g/mol. The van der Waals surface area contributed by atoms with Crippen LogP contribution in [0.3, 0.4) is 0 Å². The minimum atomic E-state index is 0.111. The molecule has 0 unspecified atom stereocenters. The van der Waals surface area contributed by atoms with E-state index < -0.39 is 0 Å². The predicted octanol–water partition coefficient (Wildman–Crippen LogP) is 3.00. The molecule has 0 bridgehead atoms. The fraction of sp³-hybridized carbons (Fsp3) is 0.154. The number of thiophene rings is 1. The second-order valence-electron chi connectivity index (χ2n) is 4.03. The molecule has 0 amide bonds. The summed E-state index contributed by atoms with van der Waals surface area (Å²) in [6.07, 6.45) is 3.42. The summed E-state index contributed by atoms with van der Waals surface area (Å²) in [5, 5.41) is 3.88. The summed E-state index contributed by atoms with van der Waals surface area (Å²) >= 11 is 3.04. The first kappa shape index (κ1) is 12.4. The maximum absolute atomic E-state index is 12.1. The first-order valence-corrected chi connectivity index (χ1v) is 7.58. The highest BCUT2D eigenvalue weighted by Crippen LogP contribution is 2.27. The fourth-order valence-corrected chi connectivity index (χ4v) is 3.50. The van der Waals surface area contributed by atoms with Gasteiger partial charge in [0.2, 0.25) is 0 Å². The number of carbonyl (C=O) groups excluding carboxylic acids is 1. The molecule has 0 spiro atoms. The second kappa shape index (κ2) is 5.14. The Hall–Kier alpha value is -1.66. The van der Waals surface area contributed by atoms with Gasteiger partial charge >= 0.3 is 0 Å². The van der Waals surface area contributed by atoms with E-state index in [4.69, 9.17) is 0 Å². The molecule has 96 valence electrons. The molecular formula is C13H11N3OS2. The van der Waals surface area contributed by atoms with Crippen molar-refractivity contribution in [1.82, 2.24) is 14.5 Å². The van der Waals surface area contributed by atoms with Gasteiger partial charge in [-0.1, -0.05) is 11.8 Å². The van der Waals surface area contributed by atoms with Gasteiger partial charge in [-0.05, 0) is 23.6 Å². The number of aromatic nitrogens is 3. The highest BCUT2D eigenvalue weighted by molar-refractivity contribution is 8.00. The molecule has 0 N–H and O–H groups in total. The Morgan fingerprint density at radius 3 is 3.11 bits per heavy atom. The summed E-state index contributed by atoms with van der Waals surface area (Å²) in [5.41, 5.74) is 0.725. The van der Waals surface area contributed by atoms with Gasteiger partial charge in [-0.25, -0.2) is 9.97 Å². The Morgan fingerprint density at radius 1 is 1.42 bits per heavy atom. The van der Waals surface area contributed by atoms with E-state index in [-0.39, 0.29) is 5.78 Å². The number of nitrogens with zero attached hydrogens (tertiary/aromatic N) is 3. The normalized spacial score (nSPS) is 11.0. The van der Waals surface area contributed by atoms with Gasteiger partial charge in [0.05, 0.1) is 11.4 Å². The number of Topliss-reactive ketones (excluding diaryl/α,β-unsaturated/α-hetero) is 1. The molecule has 4 nitrogen and oxygen atoms in total. The fourth-order valence-electron chi connectivity index (χ4n) is 1.84. The quantitative estimate of drug-likeness (QED) is 0.421. The van der Waals surface area contributed by atoms with E-state index in [1.54, 1.807) is 17.7 Å². The van der Waals surface area contributed by atoms with E-state index in [0.29, 0.717) is 5.75 Å². The first-order chi connectivity index (χ1) is 9.25. The number of hydrogen-bond donors (Lipinski definition) is 0. The van der Waals surface area contributed by atoms with E-state index in [1.165, 1.54) is 11.8 Å². The van der Waals surface area contributed by atoms with Gasteiger partial charge < -0.3 is 4.57 Å². The van der Waals surface area contributed by atoms with Crippen LogP contribution in [-0.4, -0.2) is 26.1 Å². The summed E-state index contributed by atoms with van der Waals surface area (Å²) in [6, 6.07) is 5.71. The summed E-state index contributed by atoms with van der Waals surface area (Å²) < 4.78 is 1.84. The average molecular weight is 289 g/mol. The van der Waals surface area contributed by atoms with Crippen LogP contribution in [0.25, 0.3) is 10.2 Å². The Labute approximate surface area is 118 Å². The third kappa shape index (κ3) is 2.41. The van der Waals surface area contributed by atoms with Crippen LogP contribution < -0.4 is 0 Å². The third-order valence-electron chi connectivity index (χ3n) is 2.79. The van der Waals surface area contributed by atoms with Crippen LogP contribution in [0.1, 0.15) is 10.5 Å². The van der Waals surface area contributed by atoms with Gasteiger partial charge in [-0.3, -0.25) is 4.79 Å². The van der Waals surface area contributed by atoms with Gasteiger partial charge in [-0.15, -0.1) is 11.3 Å². The molecule has 19 heavy (non-hydrogen) atoms. The van der Waals surface area contributed by atoms with E-state index in [1.807, 2.05) is 41.4 Å². The van der Waals surface area contributed by atoms with Gasteiger partial charge in [-0.2, -0.15) is 0 Å². The van der Waals surface area contributed by atoms with Crippen LogP contribution in [-0.2, 0) is 7.05 Å². The van der Waals surface area contributed by atoms with Crippen molar-refractivity contribution in [3.63, 3.8) is 0 Å². The molecule has 0 aromatic carbocycles. The minimum absolute atomic E-state index is 0.111. The summed E-state index contributed by atoms with van der Waals surface area (Å²) in [4.78, 5) is 21.5. The van der Waals surface area contributed by atoms with Crippen LogP contribution in [0.2, 0.25) is 0 Å². The SMILES string of the molecule is Cn1cccc1C(=O)CSc1ncnc2sccc12. The molecule has 3 heterocycles. The molecule has 0 radical (unpaired) electrons. The maximum Gasteiger partial charge on any atom is 0.189 e. The van der Waals surface area contributed by atoms with Crippen LogP contribution in [0, 0.1) is 0 Å². The lowest BCUT2D eigenvalue weighted by Crippen LogP contribution is -2.07. The van der Waals surface area contributed by atoms with E-state index in [0.717, 1.165) is 20.9 Å². The topological polar surface area (TPSA) is 47.8 Å². The molecule has 0 saturated heterocycles. The molecule has 3 rings (SSSR count). The molecule has 3 aromatic rings. The van der Waals surface area contributed by atoms with Crippen molar-refractivity contribution < 1.29 is 4.79 Å². The maximum atomic E-state index is 12.1. The lowest BCUT2D eigenvalue weighted by atomic mass is 10.3. The van der Waals surface area contributed by atoms with Gasteiger partial charge in [0, 0.05) is 18.6 Å². The number of ketones is 1. The molecular weight excluding hydrogens is 278 g/mol. The van der Waals surface area contributed by atoms with Crippen molar-refractivity contribution in [2.45, 2.75) is 5.03 Å². The zero-order valence-electron chi connectivity index (χ0n) is 10.2. The van der Waals surface area contributed by atoms with Crippen LogP contribution in [0.15, 0.2) is 41.1 Å². The molecule has 0 saturated carbocycles. The highest BCUT2D eigenvalue weighted by atomic mass is 32.2. The number of hydrogen-bond acceptors (Lipinski definition) is 5. The molecule has 0 aliphatic heterocycles. The first-order valence-electron chi connectivity index (χ1n) is 5.71. The smallest absolute Gasteiger partial charge is 0.189 e. The largest absolute Gasteiger partial charge is 0.348 e. The second-order valence-corrected chi connectivity index (χ2v) is 5.89. The number of rotatable bonds is 4. The summed E-state index contributed by atoms with van der Waals surface area (Å²) in [5.74, 6) is 0.499. The van der Waals surface area contributed by atoms with Crippen molar-refractivity contribution >= 4 is 39.1 Å². The molecule has 0 aliphatic carbocycles. The standard InChI is InChI=1S/C13H11N3OS2/c1-16-5-2-3-10(16)11(17)7-19-13-9-4-6-18-12(9)14-8-15-13/h2-6,8H,7H2,1H3. The highest BCUT2D eigenvalue weighted by Gasteiger charge is 2.12. The van der Waals surface area contributed by atoms with Crippen molar-refractivity contribution in [2.75, 3.05) is 5.75 Å². The predicted molar refractivity (Wildman–Crippen MR) is 77.9 cm³/mol.